The van der Waals surface area contributed by atoms with Crippen LogP contribution >= 0.6 is 10.0 Å². The predicted octanol–water partition coefficient (Wildman–Crippen LogP) is 3.81. The number of benzene rings is 1. The van der Waals surface area contributed by atoms with E-state index >= 15 is 0 Å². The van der Waals surface area contributed by atoms with Gasteiger partial charge in [-0.25, -0.2) is 20.0 Å². The van der Waals surface area contributed by atoms with E-state index in [0.717, 1.165) is 59.3 Å². The van der Waals surface area contributed by atoms with Gasteiger partial charge in [0.2, 0.25) is 0 Å². The van der Waals surface area contributed by atoms with Crippen LogP contribution in [-0.2, 0) is 16.5 Å². The average Bonchev–Trinajstić information content (AvgIpc) is 3.29. The summed E-state index contributed by atoms with van der Waals surface area (Å²) in [5.74, 6) is 1.94. The lowest BCUT2D eigenvalue weighted by Crippen LogP contribution is -2.36. The molecule has 0 saturated carbocycles. The predicted molar refractivity (Wildman–Crippen MR) is 147 cm³/mol. The second-order valence-electron chi connectivity index (χ2n) is 9.59. The summed E-state index contributed by atoms with van der Waals surface area (Å²) in [6, 6.07) is 9.96. The fourth-order valence-corrected chi connectivity index (χ4v) is 4.45. The van der Waals surface area contributed by atoms with E-state index in [9.17, 15) is 0 Å². The van der Waals surface area contributed by atoms with E-state index in [-0.39, 0.29) is 0 Å². The van der Waals surface area contributed by atoms with E-state index in [1.165, 1.54) is 0 Å². The molecule has 0 amide bonds. The molecule has 0 spiro atoms. The molecule has 0 unspecified atom stereocenters. The van der Waals surface area contributed by atoms with Gasteiger partial charge in [0.25, 0.3) is 0 Å². The van der Waals surface area contributed by atoms with Crippen LogP contribution in [0.4, 0.5) is 11.5 Å². The maximum absolute atomic E-state index is 9.11. The van der Waals surface area contributed by atoms with Crippen molar-refractivity contribution in [2.45, 2.75) is 0 Å². The Morgan fingerprint density at radius 2 is 1.94 bits per heavy atom. The van der Waals surface area contributed by atoms with E-state index in [0.29, 0.717) is 25.7 Å². The fourth-order valence-electron chi connectivity index (χ4n) is 3.83. The highest BCUT2D eigenvalue weighted by Crippen LogP contribution is 2.33. The van der Waals surface area contributed by atoms with Gasteiger partial charge >= 0.3 is 0 Å². The number of rotatable bonds is 10. The number of anilines is 2. The topological polar surface area (TPSA) is 88.3 Å². The van der Waals surface area contributed by atoms with Gasteiger partial charge in [0.05, 0.1) is 37.6 Å². The van der Waals surface area contributed by atoms with Crippen LogP contribution < -0.4 is 10.2 Å². The maximum atomic E-state index is 9.11. The van der Waals surface area contributed by atoms with E-state index in [1.807, 2.05) is 48.1 Å². The summed E-state index contributed by atoms with van der Waals surface area (Å²) in [6.45, 7) is 4.12. The molecule has 3 heterocycles. The minimum atomic E-state index is -0.588. The molecule has 0 aliphatic carbocycles. The largest absolute Gasteiger partial charge is 0.378 e. The van der Waals surface area contributed by atoms with Gasteiger partial charge in [-0.1, -0.05) is 6.07 Å². The van der Waals surface area contributed by atoms with Crippen molar-refractivity contribution in [3.63, 3.8) is 0 Å². The van der Waals surface area contributed by atoms with E-state index in [2.05, 4.69) is 39.0 Å². The Balaban J connectivity index is 1.58. The van der Waals surface area contributed by atoms with Crippen molar-refractivity contribution < 1.29 is 9.47 Å². The summed E-state index contributed by atoms with van der Waals surface area (Å²) >= 11 is 0. The van der Waals surface area contributed by atoms with E-state index in [1.54, 1.807) is 12.5 Å². The number of nitrogens with one attached hydrogen (secondary N) is 2. The van der Waals surface area contributed by atoms with Gasteiger partial charge in [-0.2, -0.15) is 0 Å². The molecule has 8 nitrogen and oxygen atoms in total. The van der Waals surface area contributed by atoms with Crippen LogP contribution in [0.5, 0.6) is 0 Å². The Labute approximate surface area is 209 Å². The SMILES string of the molecule is Cn1cnc(-c2ccc(NCOCCS(C)(C)C)c(C(=N)c3ccnc(N4CCOCC4)c3)c2)c1. The zero-order valence-electron chi connectivity index (χ0n) is 21.1. The van der Waals surface area contributed by atoms with Gasteiger partial charge in [-0.05, 0) is 43.0 Å². The number of nitrogens with zero attached hydrogens (tertiary/aromatic N) is 4. The van der Waals surface area contributed by atoms with Gasteiger partial charge < -0.3 is 24.3 Å². The minimum Gasteiger partial charge on any atom is -0.378 e. The molecule has 1 saturated heterocycles. The third kappa shape index (κ3) is 6.84. The monoisotopic (exact) mass is 496 g/mol. The average molecular weight is 497 g/mol. The van der Waals surface area contributed by atoms with Crippen molar-refractivity contribution in [1.82, 2.24) is 14.5 Å². The number of morpholine rings is 1. The lowest BCUT2D eigenvalue weighted by atomic mass is 9.98. The number of aromatic nitrogens is 3. The third-order valence-corrected chi connectivity index (χ3v) is 7.25. The molecule has 1 aliphatic rings. The van der Waals surface area contributed by atoms with E-state index in [4.69, 9.17) is 14.9 Å². The maximum Gasteiger partial charge on any atom is 0.129 e. The van der Waals surface area contributed by atoms with Crippen molar-refractivity contribution in [3.8, 4) is 11.3 Å². The zero-order valence-corrected chi connectivity index (χ0v) is 21.9. The molecular weight excluding hydrogens is 460 g/mol. The quantitative estimate of drug-likeness (QED) is 0.252. The summed E-state index contributed by atoms with van der Waals surface area (Å²) in [6.07, 6.45) is 12.4. The van der Waals surface area contributed by atoms with Crippen molar-refractivity contribution in [2.75, 3.05) is 74.4 Å². The van der Waals surface area contributed by atoms with Gasteiger partial charge in [0, 0.05) is 60.7 Å². The zero-order chi connectivity index (χ0) is 24.8. The Bertz CT molecular complexity index is 1150. The highest BCUT2D eigenvalue weighted by atomic mass is 32.3. The second kappa shape index (κ2) is 11.2. The number of ether oxygens (including phenoxy) is 2. The van der Waals surface area contributed by atoms with Crippen molar-refractivity contribution in [2.24, 2.45) is 7.05 Å². The van der Waals surface area contributed by atoms with Crippen molar-refractivity contribution in [1.29, 1.82) is 5.41 Å². The molecule has 35 heavy (non-hydrogen) atoms. The van der Waals surface area contributed by atoms with Gasteiger partial charge in [-0.3, -0.25) is 5.41 Å². The number of hydrogen-bond donors (Lipinski definition) is 2. The number of imidazole rings is 1. The molecule has 3 aromatic rings. The van der Waals surface area contributed by atoms with Crippen LogP contribution in [-0.4, -0.2) is 84.4 Å². The number of pyridine rings is 1. The Hall–Kier alpha value is -2.88. The molecule has 0 atom stereocenters. The van der Waals surface area contributed by atoms with Gasteiger partial charge in [0.1, 0.15) is 12.5 Å². The third-order valence-electron chi connectivity index (χ3n) is 5.86. The van der Waals surface area contributed by atoms with Crippen LogP contribution in [0.1, 0.15) is 11.1 Å². The summed E-state index contributed by atoms with van der Waals surface area (Å²) in [4.78, 5) is 11.2. The van der Waals surface area contributed by atoms with Crippen LogP contribution in [0, 0.1) is 5.41 Å². The molecule has 0 bridgehead atoms. The Morgan fingerprint density at radius 3 is 2.66 bits per heavy atom. The highest BCUT2D eigenvalue weighted by molar-refractivity contribution is 8.32. The van der Waals surface area contributed by atoms with Crippen LogP contribution in [0.3, 0.4) is 0 Å². The summed E-state index contributed by atoms with van der Waals surface area (Å²) in [7, 11) is 1.37. The van der Waals surface area contributed by atoms with Gasteiger partial charge in [-0.15, -0.1) is 0 Å². The first-order valence-corrected chi connectivity index (χ1v) is 14.8. The van der Waals surface area contributed by atoms with Crippen molar-refractivity contribution in [3.05, 3.63) is 60.2 Å². The number of aryl methyl sites for hydroxylation is 1. The number of hydrogen-bond acceptors (Lipinski definition) is 7. The van der Waals surface area contributed by atoms with Crippen LogP contribution in [0.25, 0.3) is 11.3 Å². The highest BCUT2D eigenvalue weighted by Gasteiger charge is 2.17. The lowest BCUT2D eigenvalue weighted by Gasteiger charge is -2.28. The second-order valence-corrected chi connectivity index (χ2v) is 14.2. The molecule has 1 aromatic carbocycles. The molecule has 188 valence electrons. The molecule has 2 N–H and O–H groups in total. The summed E-state index contributed by atoms with van der Waals surface area (Å²) in [5.41, 5.74) is 4.76. The minimum absolute atomic E-state index is 0.397. The first-order chi connectivity index (χ1) is 16.8. The lowest BCUT2D eigenvalue weighted by molar-refractivity contribution is 0.122. The van der Waals surface area contributed by atoms with Crippen LogP contribution in [0.2, 0.25) is 0 Å². The van der Waals surface area contributed by atoms with Crippen molar-refractivity contribution >= 4 is 27.2 Å². The molecule has 4 rings (SSSR count). The molecule has 9 heteroatoms. The normalized spacial score (nSPS) is 14.7. The molecule has 0 radical (unpaired) electrons. The Morgan fingerprint density at radius 1 is 1.14 bits per heavy atom. The summed E-state index contributed by atoms with van der Waals surface area (Å²) in [5, 5.41) is 12.5. The van der Waals surface area contributed by atoms with E-state index < -0.39 is 10.0 Å². The first kappa shape index (κ1) is 25.2. The fraction of sp³-hybridized carbons (Fsp3) is 0.423. The first-order valence-electron chi connectivity index (χ1n) is 11.8. The van der Waals surface area contributed by atoms with Gasteiger partial charge in [0.15, 0.2) is 0 Å². The molecular formula is C26H36N6O2S. The smallest absolute Gasteiger partial charge is 0.129 e. The molecule has 2 aromatic heterocycles. The standard InChI is InChI=1S/C26H36N6O2S/c1-31-17-24(29-18-31)20-5-6-23(30-19-34-13-14-35(2,3)4)22(15-20)26(27)21-7-8-28-25(16-21)32-9-11-33-12-10-32/h5-8,15-18,27,30H,9-14,19H2,1-4H3. The Kier molecular flexibility index (Phi) is 8.10. The molecule has 1 aliphatic heterocycles. The summed E-state index contributed by atoms with van der Waals surface area (Å²) < 4.78 is 13.3. The van der Waals surface area contributed by atoms with Crippen LogP contribution in [0.15, 0.2) is 49.1 Å². The molecule has 1 fully saturated rings.